The van der Waals surface area contributed by atoms with Crippen LogP contribution in [0.4, 0.5) is 11.4 Å². The monoisotopic (exact) mass is 423 g/mol. The van der Waals surface area contributed by atoms with Crippen LogP contribution in [-0.2, 0) is 0 Å². The Labute approximate surface area is 185 Å². The molecule has 1 unspecified atom stereocenters. The van der Waals surface area contributed by atoms with Gasteiger partial charge in [-0.15, -0.1) is 0 Å². The molecule has 4 heterocycles. The van der Waals surface area contributed by atoms with Gasteiger partial charge in [0.1, 0.15) is 18.7 Å². The SMILES string of the molecule is [C-]#[N+]c1cc2[nH]nc(-c3ccc4c(c3)OCC3CN(C)CCN43)c2cc1-c1cncnc1. The fourth-order valence-electron chi connectivity index (χ4n) is 4.71. The molecule has 4 aromatic rings. The van der Waals surface area contributed by atoms with E-state index in [1.54, 1.807) is 12.4 Å². The molecule has 1 N–H and O–H groups in total. The topological polar surface area (TPSA) is 74.5 Å². The maximum atomic E-state index is 7.60. The van der Waals surface area contributed by atoms with Gasteiger partial charge in [-0.3, -0.25) is 5.10 Å². The third-order valence-corrected chi connectivity index (χ3v) is 6.33. The quantitative estimate of drug-likeness (QED) is 0.495. The van der Waals surface area contributed by atoms with E-state index in [1.807, 2.05) is 12.1 Å². The van der Waals surface area contributed by atoms with Crippen molar-refractivity contribution in [2.24, 2.45) is 0 Å². The van der Waals surface area contributed by atoms with Crippen LogP contribution in [0.15, 0.2) is 49.1 Å². The van der Waals surface area contributed by atoms with Crippen molar-refractivity contribution in [3.63, 3.8) is 0 Å². The van der Waals surface area contributed by atoms with E-state index in [-0.39, 0.29) is 0 Å². The summed E-state index contributed by atoms with van der Waals surface area (Å²) >= 11 is 0. The van der Waals surface area contributed by atoms with E-state index in [4.69, 9.17) is 11.3 Å². The average Bonchev–Trinajstić information content (AvgIpc) is 3.26. The Morgan fingerprint density at radius 1 is 1.12 bits per heavy atom. The van der Waals surface area contributed by atoms with Crippen molar-refractivity contribution >= 4 is 22.3 Å². The summed E-state index contributed by atoms with van der Waals surface area (Å²) in [5.41, 5.74) is 5.93. The molecular weight excluding hydrogens is 402 g/mol. The highest BCUT2D eigenvalue weighted by molar-refractivity contribution is 6.00. The molecule has 6 rings (SSSR count). The van der Waals surface area contributed by atoms with Crippen LogP contribution in [0, 0.1) is 6.57 Å². The van der Waals surface area contributed by atoms with Crippen molar-refractivity contribution in [3.05, 3.63) is 60.5 Å². The fourth-order valence-corrected chi connectivity index (χ4v) is 4.71. The van der Waals surface area contributed by atoms with Crippen molar-refractivity contribution in [1.29, 1.82) is 0 Å². The number of benzene rings is 2. The molecule has 0 radical (unpaired) electrons. The number of aromatic nitrogens is 4. The molecule has 0 aliphatic carbocycles. The van der Waals surface area contributed by atoms with Crippen LogP contribution in [0.1, 0.15) is 0 Å². The maximum absolute atomic E-state index is 7.60. The maximum Gasteiger partial charge on any atom is 0.197 e. The third kappa shape index (κ3) is 2.98. The van der Waals surface area contributed by atoms with Crippen LogP contribution in [0.3, 0.4) is 0 Å². The van der Waals surface area contributed by atoms with Gasteiger partial charge in [0.25, 0.3) is 0 Å². The first-order valence-electron chi connectivity index (χ1n) is 10.6. The predicted molar refractivity (Wildman–Crippen MR) is 123 cm³/mol. The third-order valence-electron chi connectivity index (χ3n) is 6.33. The molecule has 32 heavy (non-hydrogen) atoms. The molecule has 158 valence electrons. The van der Waals surface area contributed by atoms with Crippen LogP contribution in [0.5, 0.6) is 5.75 Å². The summed E-state index contributed by atoms with van der Waals surface area (Å²) in [5, 5.41) is 8.62. The van der Waals surface area contributed by atoms with Crippen LogP contribution >= 0.6 is 0 Å². The molecule has 0 amide bonds. The highest BCUT2D eigenvalue weighted by Crippen LogP contribution is 2.41. The molecule has 2 aliphatic rings. The van der Waals surface area contributed by atoms with Crippen molar-refractivity contribution in [3.8, 4) is 28.1 Å². The first kappa shape index (κ1) is 18.8. The zero-order valence-corrected chi connectivity index (χ0v) is 17.6. The molecule has 2 aliphatic heterocycles. The van der Waals surface area contributed by atoms with E-state index >= 15 is 0 Å². The average molecular weight is 423 g/mol. The standard InChI is InChI=1S/C24H21N7O/c1-25-20-9-21-19(8-18(20)16-10-26-14-27-11-16)24(29-28-21)15-3-4-22-23(7-15)32-13-17-12-30(2)5-6-31(17)22/h3-4,7-11,14,17H,5-6,12-13H2,2H3,(H,28,29). The smallest absolute Gasteiger partial charge is 0.197 e. The van der Waals surface area contributed by atoms with Gasteiger partial charge in [-0.2, -0.15) is 5.10 Å². The number of anilines is 1. The van der Waals surface area contributed by atoms with Crippen molar-refractivity contribution < 1.29 is 4.74 Å². The molecule has 0 spiro atoms. The number of nitrogens with zero attached hydrogens (tertiary/aromatic N) is 6. The number of rotatable bonds is 2. The minimum absolute atomic E-state index is 0.390. The lowest BCUT2D eigenvalue weighted by Crippen LogP contribution is -2.56. The van der Waals surface area contributed by atoms with Gasteiger partial charge < -0.3 is 14.5 Å². The number of fused-ring (bicyclic) bond motifs is 4. The molecule has 2 aromatic heterocycles. The number of H-pyrrole nitrogens is 1. The molecule has 8 nitrogen and oxygen atoms in total. The second kappa shape index (κ2) is 7.32. The number of hydrogen-bond acceptors (Lipinski definition) is 6. The summed E-state index contributed by atoms with van der Waals surface area (Å²) in [5.74, 6) is 0.897. The minimum atomic E-state index is 0.390. The Kier molecular flexibility index (Phi) is 4.30. The Balaban J connectivity index is 1.44. The lowest BCUT2D eigenvalue weighted by atomic mass is 10.00. The summed E-state index contributed by atoms with van der Waals surface area (Å²) in [6.07, 6.45) is 4.93. The summed E-state index contributed by atoms with van der Waals surface area (Å²) in [4.78, 5) is 16.7. The van der Waals surface area contributed by atoms with Crippen molar-refractivity contribution in [2.75, 3.05) is 38.2 Å². The molecule has 0 bridgehead atoms. The van der Waals surface area contributed by atoms with Crippen LogP contribution in [-0.4, -0.2) is 64.4 Å². The Morgan fingerprint density at radius 2 is 2.00 bits per heavy atom. The van der Waals surface area contributed by atoms with E-state index in [9.17, 15) is 0 Å². The molecule has 0 saturated carbocycles. The summed E-state index contributed by atoms with van der Waals surface area (Å²) in [6.45, 7) is 11.4. The van der Waals surface area contributed by atoms with Crippen LogP contribution in [0.25, 0.3) is 38.1 Å². The first-order chi connectivity index (χ1) is 15.7. The zero-order chi connectivity index (χ0) is 21.7. The van der Waals surface area contributed by atoms with Gasteiger partial charge in [0.2, 0.25) is 0 Å². The van der Waals surface area contributed by atoms with E-state index < -0.39 is 0 Å². The number of nitrogens with one attached hydrogen (secondary N) is 1. The summed E-state index contributed by atoms with van der Waals surface area (Å²) < 4.78 is 6.16. The molecule has 1 fully saturated rings. The van der Waals surface area contributed by atoms with Gasteiger partial charge in [-0.05, 0) is 30.8 Å². The molecular formula is C24H21N7O. The Hall–Kier alpha value is -3.96. The Bertz CT molecular complexity index is 1360. The summed E-state index contributed by atoms with van der Waals surface area (Å²) in [7, 11) is 2.16. The van der Waals surface area contributed by atoms with Crippen LogP contribution < -0.4 is 9.64 Å². The van der Waals surface area contributed by atoms with E-state index in [1.165, 1.54) is 6.33 Å². The minimum Gasteiger partial charge on any atom is -0.489 e. The normalized spacial score (nSPS) is 18.0. The van der Waals surface area contributed by atoms with Gasteiger partial charge in [0.05, 0.1) is 29.5 Å². The Morgan fingerprint density at radius 3 is 2.84 bits per heavy atom. The first-order valence-corrected chi connectivity index (χ1v) is 10.6. The lowest BCUT2D eigenvalue weighted by molar-refractivity contribution is 0.188. The van der Waals surface area contributed by atoms with E-state index in [2.05, 4.69) is 60.1 Å². The number of aromatic amines is 1. The predicted octanol–water partition coefficient (Wildman–Crippen LogP) is 3.75. The van der Waals surface area contributed by atoms with E-state index in [0.717, 1.165) is 64.4 Å². The zero-order valence-electron chi connectivity index (χ0n) is 17.6. The van der Waals surface area contributed by atoms with Gasteiger partial charge in [-0.1, -0.05) is 12.1 Å². The van der Waals surface area contributed by atoms with E-state index in [0.29, 0.717) is 18.3 Å². The van der Waals surface area contributed by atoms with Crippen molar-refractivity contribution in [2.45, 2.75) is 6.04 Å². The van der Waals surface area contributed by atoms with Gasteiger partial charge in [0.15, 0.2) is 5.69 Å². The number of likely N-dealkylation sites (N-methyl/N-ethyl adjacent to an activating group) is 1. The second-order valence-corrected chi connectivity index (χ2v) is 8.33. The number of piperazine rings is 1. The number of hydrogen-bond donors (Lipinski definition) is 1. The lowest BCUT2D eigenvalue weighted by Gasteiger charge is -2.44. The summed E-state index contributed by atoms with van der Waals surface area (Å²) in [6, 6.07) is 10.5. The highest BCUT2D eigenvalue weighted by atomic mass is 16.5. The molecule has 1 atom stereocenters. The van der Waals surface area contributed by atoms with Gasteiger partial charge >= 0.3 is 0 Å². The van der Waals surface area contributed by atoms with Crippen LogP contribution in [0.2, 0.25) is 0 Å². The highest BCUT2D eigenvalue weighted by Gasteiger charge is 2.32. The molecule has 1 saturated heterocycles. The second-order valence-electron chi connectivity index (χ2n) is 8.33. The van der Waals surface area contributed by atoms with Gasteiger partial charge in [-0.25, -0.2) is 14.8 Å². The van der Waals surface area contributed by atoms with Crippen molar-refractivity contribution in [1.82, 2.24) is 25.1 Å². The fraction of sp³-hybridized carbons (Fsp3) is 0.250. The van der Waals surface area contributed by atoms with Gasteiger partial charge in [0, 0.05) is 48.5 Å². The molecule has 8 heteroatoms. The number of ether oxygens (including phenoxy) is 1. The molecule has 2 aromatic carbocycles. The largest absolute Gasteiger partial charge is 0.489 e.